The molecule has 1 saturated heterocycles. The van der Waals surface area contributed by atoms with Gasteiger partial charge in [-0.2, -0.15) is 4.98 Å². The van der Waals surface area contributed by atoms with E-state index in [-0.39, 0.29) is 11.9 Å². The Bertz CT molecular complexity index is 752. The molecule has 7 nitrogen and oxygen atoms in total. The van der Waals surface area contributed by atoms with E-state index in [4.69, 9.17) is 4.52 Å². The van der Waals surface area contributed by atoms with Crippen LogP contribution in [0.1, 0.15) is 43.1 Å². The smallest absolute Gasteiger partial charge is 0.249 e. The lowest BCUT2D eigenvalue weighted by Crippen LogP contribution is -2.47. The minimum absolute atomic E-state index is 0.0267. The molecule has 1 amide bonds. The van der Waals surface area contributed by atoms with E-state index in [2.05, 4.69) is 56.4 Å². The Morgan fingerprint density at radius 1 is 1.26 bits per heavy atom. The predicted octanol–water partition coefficient (Wildman–Crippen LogP) is 2.47. The van der Waals surface area contributed by atoms with Gasteiger partial charge in [0.2, 0.25) is 11.8 Å². The van der Waals surface area contributed by atoms with Crippen LogP contribution in [0.3, 0.4) is 0 Å². The molecule has 0 radical (unpaired) electrons. The van der Waals surface area contributed by atoms with Gasteiger partial charge in [0.05, 0.1) is 0 Å². The number of carbonyl (C=O) groups is 1. The van der Waals surface area contributed by atoms with Crippen molar-refractivity contribution >= 4 is 11.6 Å². The third-order valence-corrected chi connectivity index (χ3v) is 4.98. The maximum Gasteiger partial charge on any atom is 0.249 e. The average Bonchev–Trinajstić information content (AvgIpc) is 3.11. The van der Waals surface area contributed by atoms with Crippen LogP contribution in [-0.4, -0.2) is 53.7 Å². The second-order valence-electron chi connectivity index (χ2n) is 7.13. The third-order valence-electron chi connectivity index (χ3n) is 4.98. The number of hydrogen-bond donors (Lipinski definition) is 1. The van der Waals surface area contributed by atoms with Crippen molar-refractivity contribution in [1.82, 2.24) is 20.4 Å². The topological polar surface area (TPSA) is 74.5 Å². The number of anilines is 1. The summed E-state index contributed by atoms with van der Waals surface area (Å²) in [6.45, 7) is 10.6. The minimum Gasteiger partial charge on any atom is -0.369 e. The highest BCUT2D eigenvalue weighted by atomic mass is 16.5. The largest absolute Gasteiger partial charge is 0.369 e. The molecule has 1 aromatic carbocycles. The summed E-state index contributed by atoms with van der Waals surface area (Å²) in [7, 11) is 0. The van der Waals surface area contributed by atoms with E-state index in [0.29, 0.717) is 18.1 Å². The number of carbonyl (C=O) groups excluding carboxylic acids is 1. The number of nitrogens with one attached hydrogen (secondary N) is 1. The number of aromatic nitrogens is 2. The fourth-order valence-electron chi connectivity index (χ4n) is 3.37. The molecule has 3 rings (SSSR count). The van der Waals surface area contributed by atoms with Crippen LogP contribution in [0.25, 0.3) is 0 Å². The highest BCUT2D eigenvalue weighted by molar-refractivity contribution is 5.76. The Hall–Kier alpha value is -2.41. The molecule has 1 fully saturated rings. The first kappa shape index (κ1) is 19.4. The van der Waals surface area contributed by atoms with Gasteiger partial charge >= 0.3 is 0 Å². The molecule has 1 atom stereocenters. The molecule has 2 heterocycles. The fraction of sp³-hybridized carbons (Fsp3) is 0.550. The van der Waals surface area contributed by atoms with E-state index in [1.165, 1.54) is 11.3 Å². The zero-order valence-electron chi connectivity index (χ0n) is 16.4. The average molecular weight is 371 g/mol. The van der Waals surface area contributed by atoms with E-state index in [0.717, 1.165) is 39.1 Å². The summed E-state index contributed by atoms with van der Waals surface area (Å²) in [5.74, 6) is 1.10. The lowest BCUT2D eigenvalue weighted by molar-refractivity contribution is -0.122. The van der Waals surface area contributed by atoms with Crippen LogP contribution < -0.4 is 10.2 Å². The van der Waals surface area contributed by atoms with Crippen molar-refractivity contribution in [2.75, 3.05) is 37.6 Å². The molecule has 0 spiro atoms. The van der Waals surface area contributed by atoms with Crippen LogP contribution in [0, 0.1) is 13.8 Å². The summed E-state index contributed by atoms with van der Waals surface area (Å²) in [5.41, 5.74) is 2.57. The third kappa shape index (κ3) is 5.29. The normalized spacial score (nSPS) is 16.3. The van der Waals surface area contributed by atoms with E-state index in [1.54, 1.807) is 6.92 Å². The van der Waals surface area contributed by atoms with Crippen LogP contribution in [0.4, 0.5) is 5.69 Å². The molecule has 2 aromatic rings. The minimum atomic E-state index is -0.211. The van der Waals surface area contributed by atoms with E-state index >= 15 is 0 Å². The molecule has 1 aliphatic rings. The van der Waals surface area contributed by atoms with Crippen LogP contribution in [0.15, 0.2) is 28.8 Å². The van der Waals surface area contributed by atoms with Crippen LogP contribution >= 0.6 is 0 Å². The quantitative estimate of drug-likeness (QED) is 0.806. The fourth-order valence-corrected chi connectivity index (χ4v) is 3.37. The van der Waals surface area contributed by atoms with E-state index in [9.17, 15) is 4.79 Å². The molecule has 1 N–H and O–H groups in total. The van der Waals surface area contributed by atoms with Crippen molar-refractivity contribution in [2.24, 2.45) is 0 Å². The van der Waals surface area contributed by atoms with Crippen molar-refractivity contribution < 1.29 is 9.32 Å². The number of aryl methyl sites for hydroxylation is 2. The lowest BCUT2D eigenvalue weighted by Gasteiger charge is -2.36. The van der Waals surface area contributed by atoms with Gasteiger partial charge in [0.25, 0.3) is 0 Å². The monoisotopic (exact) mass is 371 g/mol. The highest BCUT2D eigenvalue weighted by Crippen LogP contribution is 2.18. The molecule has 0 saturated carbocycles. The van der Waals surface area contributed by atoms with Gasteiger partial charge in [-0.05, 0) is 38.0 Å². The van der Waals surface area contributed by atoms with Gasteiger partial charge in [-0.3, -0.25) is 9.69 Å². The molecule has 0 bridgehead atoms. The van der Waals surface area contributed by atoms with Gasteiger partial charge < -0.3 is 14.7 Å². The summed E-state index contributed by atoms with van der Waals surface area (Å²) < 4.78 is 5.18. The van der Waals surface area contributed by atoms with Crippen molar-refractivity contribution in [3.05, 3.63) is 41.5 Å². The van der Waals surface area contributed by atoms with Gasteiger partial charge in [-0.1, -0.05) is 24.2 Å². The Morgan fingerprint density at radius 3 is 2.67 bits per heavy atom. The second kappa shape index (κ2) is 8.99. The Morgan fingerprint density at radius 2 is 2.04 bits per heavy atom. The first-order chi connectivity index (χ1) is 13.0. The lowest BCUT2D eigenvalue weighted by atomic mass is 10.2. The summed E-state index contributed by atoms with van der Waals surface area (Å²) in [6, 6.07) is 8.42. The second-order valence-corrected chi connectivity index (χ2v) is 7.13. The summed E-state index contributed by atoms with van der Waals surface area (Å²) in [6.07, 6.45) is 1.20. The number of nitrogens with zero attached hydrogens (tertiary/aromatic N) is 4. The summed E-state index contributed by atoms with van der Waals surface area (Å²) >= 11 is 0. The van der Waals surface area contributed by atoms with Crippen molar-refractivity contribution in [3.8, 4) is 0 Å². The Balaban J connectivity index is 1.42. The number of benzene rings is 1. The van der Waals surface area contributed by atoms with Gasteiger partial charge in [0, 0.05) is 44.8 Å². The van der Waals surface area contributed by atoms with Crippen LogP contribution in [-0.2, 0) is 4.79 Å². The molecule has 146 valence electrons. The van der Waals surface area contributed by atoms with Crippen molar-refractivity contribution in [2.45, 2.75) is 39.7 Å². The van der Waals surface area contributed by atoms with E-state index < -0.39 is 0 Å². The highest BCUT2D eigenvalue weighted by Gasteiger charge is 2.21. The number of amides is 1. The standard InChI is InChI=1S/C20H29N5O2/c1-4-18(20-21-16(3)23-27-20)22-19(26)8-9-24-10-12-25(13-11-24)17-7-5-6-15(2)14-17/h5-7,14,18H,4,8-13H2,1-3H3,(H,22,26). The van der Waals surface area contributed by atoms with Crippen LogP contribution in [0.2, 0.25) is 0 Å². The number of rotatable bonds is 7. The van der Waals surface area contributed by atoms with Gasteiger partial charge in [0.1, 0.15) is 6.04 Å². The molecular formula is C20H29N5O2. The molecular weight excluding hydrogens is 342 g/mol. The van der Waals surface area contributed by atoms with Crippen molar-refractivity contribution in [3.63, 3.8) is 0 Å². The summed E-state index contributed by atoms with van der Waals surface area (Å²) in [4.78, 5) is 21.3. The van der Waals surface area contributed by atoms with E-state index in [1.807, 2.05) is 6.92 Å². The Kier molecular flexibility index (Phi) is 6.45. The molecule has 27 heavy (non-hydrogen) atoms. The van der Waals surface area contributed by atoms with Gasteiger partial charge in [-0.15, -0.1) is 0 Å². The zero-order chi connectivity index (χ0) is 19.2. The summed E-state index contributed by atoms with van der Waals surface area (Å²) in [5, 5.41) is 6.80. The number of piperazine rings is 1. The van der Waals surface area contributed by atoms with Crippen molar-refractivity contribution in [1.29, 1.82) is 0 Å². The molecule has 7 heteroatoms. The van der Waals surface area contributed by atoms with Gasteiger partial charge in [0.15, 0.2) is 5.82 Å². The number of hydrogen-bond acceptors (Lipinski definition) is 6. The maximum absolute atomic E-state index is 12.3. The Labute approximate surface area is 160 Å². The first-order valence-electron chi connectivity index (χ1n) is 9.68. The van der Waals surface area contributed by atoms with Crippen LogP contribution in [0.5, 0.6) is 0 Å². The SMILES string of the molecule is CCC(NC(=O)CCN1CCN(c2cccc(C)c2)CC1)c1nc(C)no1. The predicted molar refractivity (Wildman–Crippen MR) is 105 cm³/mol. The molecule has 1 aliphatic heterocycles. The zero-order valence-corrected chi connectivity index (χ0v) is 16.4. The molecule has 0 aliphatic carbocycles. The molecule has 1 unspecified atom stereocenters. The molecule has 1 aromatic heterocycles. The first-order valence-corrected chi connectivity index (χ1v) is 9.68. The maximum atomic E-state index is 12.3. The van der Waals surface area contributed by atoms with Gasteiger partial charge in [-0.25, -0.2) is 0 Å².